The van der Waals surface area contributed by atoms with E-state index in [1.54, 1.807) is 0 Å². The van der Waals surface area contributed by atoms with Crippen LogP contribution in [-0.2, 0) is 28.6 Å². The van der Waals surface area contributed by atoms with Crippen LogP contribution in [-0.4, -0.2) is 37.2 Å². The smallest absolute Gasteiger partial charge is 0.306 e. The van der Waals surface area contributed by atoms with E-state index in [-0.39, 0.29) is 31.1 Å². The zero-order valence-corrected chi connectivity index (χ0v) is 42.6. The standard InChI is InChI=1S/C58H104O6/c1-4-7-10-13-16-19-22-25-28-29-31-33-36-39-42-45-48-51-57(60)63-54-55(53-62-56(59)50-47-44-41-38-35-32-27-24-21-18-15-12-9-6-3)64-58(61)52-49-46-43-40-37-34-30-26-23-20-17-14-11-8-5-2/h15,17-18,20,24,26-27,30,55H,4-14,16,19,21-23,25,28-29,31-54H2,1-3H3/b18-15-,20-17-,27-24-,30-26-. The summed E-state index contributed by atoms with van der Waals surface area (Å²) in [5.41, 5.74) is 0. The van der Waals surface area contributed by atoms with Crippen molar-refractivity contribution in [2.24, 2.45) is 0 Å². The lowest BCUT2D eigenvalue weighted by molar-refractivity contribution is -0.167. The molecular formula is C58H104O6. The quantitative estimate of drug-likeness (QED) is 0.0262. The van der Waals surface area contributed by atoms with Crippen LogP contribution >= 0.6 is 0 Å². The van der Waals surface area contributed by atoms with Gasteiger partial charge in [-0.25, -0.2) is 0 Å². The van der Waals surface area contributed by atoms with Gasteiger partial charge in [0, 0.05) is 19.3 Å². The molecule has 0 aliphatic carbocycles. The van der Waals surface area contributed by atoms with Crippen molar-refractivity contribution in [1.82, 2.24) is 0 Å². The number of rotatable bonds is 50. The van der Waals surface area contributed by atoms with Crippen molar-refractivity contribution in [2.45, 2.75) is 290 Å². The SMILES string of the molecule is CCCC/C=C\C/C=C\CCCCCCCC(=O)OCC(COC(=O)CCCCCCCCCCCCCCCCCCC)OC(=O)CCCCCCC/C=C\C/C=C\CCCCC. The molecule has 0 saturated carbocycles. The molecule has 1 unspecified atom stereocenters. The Hall–Kier alpha value is -2.63. The second-order valence-corrected chi connectivity index (χ2v) is 18.5. The summed E-state index contributed by atoms with van der Waals surface area (Å²) in [7, 11) is 0. The van der Waals surface area contributed by atoms with Gasteiger partial charge in [0.1, 0.15) is 13.2 Å². The molecule has 0 aromatic heterocycles. The lowest BCUT2D eigenvalue weighted by Gasteiger charge is -2.18. The third-order valence-corrected chi connectivity index (χ3v) is 12.1. The molecule has 0 aliphatic rings. The number of unbranched alkanes of at least 4 members (excludes halogenated alkanes) is 31. The van der Waals surface area contributed by atoms with Crippen molar-refractivity contribution >= 4 is 17.9 Å². The van der Waals surface area contributed by atoms with Crippen LogP contribution in [0.5, 0.6) is 0 Å². The van der Waals surface area contributed by atoms with Crippen LogP contribution in [0.2, 0.25) is 0 Å². The fraction of sp³-hybridized carbons (Fsp3) is 0.810. The molecule has 6 nitrogen and oxygen atoms in total. The molecule has 0 N–H and O–H groups in total. The molecule has 1 atom stereocenters. The largest absolute Gasteiger partial charge is 0.462 e. The number of allylic oxidation sites excluding steroid dienone is 8. The maximum absolute atomic E-state index is 12.8. The molecule has 0 fully saturated rings. The Labute approximate surface area is 397 Å². The van der Waals surface area contributed by atoms with Crippen LogP contribution in [0.15, 0.2) is 48.6 Å². The topological polar surface area (TPSA) is 78.9 Å². The minimum Gasteiger partial charge on any atom is -0.462 e. The normalized spacial score (nSPS) is 12.4. The highest BCUT2D eigenvalue weighted by Crippen LogP contribution is 2.16. The number of carbonyl (C=O) groups is 3. The Balaban J connectivity index is 4.38. The average Bonchev–Trinajstić information content (AvgIpc) is 3.29. The minimum absolute atomic E-state index is 0.0808. The molecular weight excluding hydrogens is 793 g/mol. The molecule has 372 valence electrons. The van der Waals surface area contributed by atoms with E-state index < -0.39 is 6.10 Å². The number of esters is 3. The minimum atomic E-state index is -0.784. The molecule has 64 heavy (non-hydrogen) atoms. The first kappa shape index (κ1) is 61.4. The molecule has 0 bridgehead atoms. The zero-order chi connectivity index (χ0) is 46.5. The van der Waals surface area contributed by atoms with Gasteiger partial charge in [-0.05, 0) is 77.0 Å². The van der Waals surface area contributed by atoms with E-state index >= 15 is 0 Å². The van der Waals surface area contributed by atoms with Gasteiger partial charge in [-0.1, -0.05) is 236 Å². The van der Waals surface area contributed by atoms with Crippen molar-refractivity contribution in [3.05, 3.63) is 48.6 Å². The van der Waals surface area contributed by atoms with Gasteiger partial charge in [0.05, 0.1) is 0 Å². The first-order chi connectivity index (χ1) is 31.5. The van der Waals surface area contributed by atoms with E-state index in [4.69, 9.17) is 14.2 Å². The first-order valence-corrected chi connectivity index (χ1v) is 27.6. The van der Waals surface area contributed by atoms with Crippen LogP contribution < -0.4 is 0 Å². The molecule has 0 saturated heterocycles. The summed E-state index contributed by atoms with van der Waals surface area (Å²) in [6, 6.07) is 0. The fourth-order valence-corrected chi connectivity index (χ4v) is 7.84. The van der Waals surface area contributed by atoms with Gasteiger partial charge in [-0.15, -0.1) is 0 Å². The zero-order valence-electron chi connectivity index (χ0n) is 42.6. The van der Waals surface area contributed by atoms with Crippen LogP contribution in [0.4, 0.5) is 0 Å². The van der Waals surface area contributed by atoms with Crippen LogP contribution in [0.3, 0.4) is 0 Å². The third-order valence-electron chi connectivity index (χ3n) is 12.1. The monoisotopic (exact) mass is 897 g/mol. The van der Waals surface area contributed by atoms with Gasteiger partial charge in [-0.2, -0.15) is 0 Å². The highest BCUT2D eigenvalue weighted by molar-refractivity contribution is 5.71. The van der Waals surface area contributed by atoms with E-state index in [0.717, 1.165) is 103 Å². The summed E-state index contributed by atoms with van der Waals surface area (Å²) in [6.07, 6.45) is 63.8. The number of ether oxygens (including phenoxy) is 3. The maximum Gasteiger partial charge on any atom is 0.306 e. The van der Waals surface area contributed by atoms with Crippen LogP contribution in [0, 0.1) is 0 Å². The fourth-order valence-electron chi connectivity index (χ4n) is 7.84. The summed E-state index contributed by atoms with van der Waals surface area (Å²) in [5, 5.41) is 0. The van der Waals surface area contributed by atoms with Crippen LogP contribution in [0.1, 0.15) is 284 Å². The van der Waals surface area contributed by atoms with Crippen molar-refractivity contribution in [3.8, 4) is 0 Å². The van der Waals surface area contributed by atoms with Gasteiger partial charge in [-0.3, -0.25) is 14.4 Å². The lowest BCUT2D eigenvalue weighted by atomic mass is 10.0. The predicted octanol–water partition coefficient (Wildman–Crippen LogP) is 18.3. The number of hydrogen-bond acceptors (Lipinski definition) is 6. The summed E-state index contributed by atoms with van der Waals surface area (Å²) in [6.45, 7) is 6.58. The Bertz CT molecular complexity index is 1120. The maximum atomic E-state index is 12.8. The number of carbonyl (C=O) groups excluding carboxylic acids is 3. The van der Waals surface area contributed by atoms with E-state index in [1.165, 1.54) is 141 Å². The first-order valence-electron chi connectivity index (χ1n) is 27.6. The molecule has 0 spiro atoms. The highest BCUT2D eigenvalue weighted by Gasteiger charge is 2.19. The van der Waals surface area contributed by atoms with Crippen LogP contribution in [0.25, 0.3) is 0 Å². The summed E-state index contributed by atoms with van der Waals surface area (Å²) >= 11 is 0. The Morgan fingerprint density at radius 2 is 0.578 bits per heavy atom. The molecule has 0 aromatic carbocycles. The highest BCUT2D eigenvalue weighted by atomic mass is 16.6. The molecule has 6 heteroatoms. The van der Waals surface area contributed by atoms with E-state index in [0.29, 0.717) is 19.3 Å². The number of hydrogen-bond donors (Lipinski definition) is 0. The van der Waals surface area contributed by atoms with Crippen molar-refractivity contribution < 1.29 is 28.6 Å². The molecule has 0 rings (SSSR count). The Morgan fingerprint density at radius 3 is 0.938 bits per heavy atom. The van der Waals surface area contributed by atoms with Gasteiger partial charge in [0.15, 0.2) is 6.10 Å². The average molecular weight is 897 g/mol. The second-order valence-electron chi connectivity index (χ2n) is 18.5. The van der Waals surface area contributed by atoms with Gasteiger partial charge < -0.3 is 14.2 Å². The Morgan fingerprint density at radius 1 is 0.312 bits per heavy atom. The van der Waals surface area contributed by atoms with Crippen molar-refractivity contribution in [3.63, 3.8) is 0 Å². The van der Waals surface area contributed by atoms with Gasteiger partial charge in [0.2, 0.25) is 0 Å². The molecule has 0 amide bonds. The van der Waals surface area contributed by atoms with E-state index in [2.05, 4.69) is 69.4 Å². The predicted molar refractivity (Wildman–Crippen MR) is 275 cm³/mol. The Kier molecular flexibility index (Phi) is 50.8. The lowest BCUT2D eigenvalue weighted by Crippen LogP contribution is -2.30. The van der Waals surface area contributed by atoms with Crippen molar-refractivity contribution in [1.29, 1.82) is 0 Å². The molecule has 0 aliphatic heterocycles. The van der Waals surface area contributed by atoms with Crippen molar-refractivity contribution in [2.75, 3.05) is 13.2 Å². The van der Waals surface area contributed by atoms with E-state index in [9.17, 15) is 14.4 Å². The van der Waals surface area contributed by atoms with Gasteiger partial charge in [0.25, 0.3) is 0 Å². The van der Waals surface area contributed by atoms with Gasteiger partial charge >= 0.3 is 17.9 Å². The second kappa shape index (κ2) is 53.0. The molecule has 0 radical (unpaired) electrons. The molecule has 0 aromatic rings. The summed E-state index contributed by atoms with van der Waals surface area (Å²) in [4.78, 5) is 38.1. The van der Waals surface area contributed by atoms with E-state index in [1.807, 2.05) is 0 Å². The summed E-state index contributed by atoms with van der Waals surface area (Å²) < 4.78 is 16.8. The third kappa shape index (κ3) is 50.4. The molecule has 0 heterocycles. The summed E-state index contributed by atoms with van der Waals surface area (Å²) in [5.74, 6) is -0.898.